The number of nitro benzene ring substituents is 1. The molecule has 1 amide bonds. The van der Waals surface area contributed by atoms with Crippen molar-refractivity contribution in [2.24, 2.45) is 0 Å². The Labute approximate surface area is 171 Å². The molecule has 0 spiro atoms. The van der Waals surface area contributed by atoms with Crippen molar-refractivity contribution >= 4 is 22.6 Å². The van der Waals surface area contributed by atoms with Gasteiger partial charge in [0, 0.05) is 24.7 Å². The molecule has 1 N–H and O–H groups in total. The number of nitro groups is 1. The molecule has 0 saturated carbocycles. The van der Waals surface area contributed by atoms with E-state index in [9.17, 15) is 14.9 Å². The molecule has 2 aromatic heterocycles. The maximum atomic E-state index is 12.5. The summed E-state index contributed by atoms with van der Waals surface area (Å²) in [5.41, 5.74) is 2.25. The van der Waals surface area contributed by atoms with Gasteiger partial charge in [-0.25, -0.2) is 14.6 Å². The molecule has 0 bridgehead atoms. The minimum atomic E-state index is -0.541. The van der Waals surface area contributed by atoms with Crippen LogP contribution in [-0.4, -0.2) is 41.7 Å². The van der Waals surface area contributed by atoms with E-state index in [2.05, 4.69) is 25.0 Å². The molecular formula is C20H19N7O3. The van der Waals surface area contributed by atoms with Crippen LogP contribution in [0.2, 0.25) is 0 Å². The number of amides is 1. The van der Waals surface area contributed by atoms with E-state index in [1.165, 1.54) is 35.5 Å². The Morgan fingerprint density at radius 2 is 2.07 bits per heavy atom. The third kappa shape index (κ3) is 3.75. The van der Waals surface area contributed by atoms with Crippen molar-refractivity contribution < 1.29 is 9.72 Å². The molecule has 152 valence electrons. The van der Waals surface area contributed by atoms with E-state index in [1.807, 2.05) is 31.2 Å². The third-order valence-corrected chi connectivity index (χ3v) is 4.79. The SMILES string of the molecule is Cc1nc2ccccc2n1CCCNC(=O)c1ccc(-n2cncn2)c([N+](=O)[O-])c1. The number of hydrogen-bond donors (Lipinski definition) is 1. The summed E-state index contributed by atoms with van der Waals surface area (Å²) in [5, 5.41) is 18.2. The van der Waals surface area contributed by atoms with Gasteiger partial charge in [-0.3, -0.25) is 14.9 Å². The van der Waals surface area contributed by atoms with E-state index in [-0.39, 0.29) is 22.8 Å². The molecule has 0 unspecified atom stereocenters. The first-order valence-electron chi connectivity index (χ1n) is 9.38. The van der Waals surface area contributed by atoms with Crippen LogP contribution < -0.4 is 5.32 Å². The molecule has 0 aliphatic heterocycles. The van der Waals surface area contributed by atoms with Gasteiger partial charge in [-0.1, -0.05) is 12.1 Å². The second-order valence-corrected chi connectivity index (χ2v) is 6.71. The van der Waals surface area contributed by atoms with Gasteiger partial charge in [-0.15, -0.1) is 0 Å². The predicted molar refractivity (Wildman–Crippen MR) is 109 cm³/mol. The maximum Gasteiger partial charge on any atom is 0.295 e. The van der Waals surface area contributed by atoms with Gasteiger partial charge in [0.1, 0.15) is 24.2 Å². The van der Waals surface area contributed by atoms with Crippen LogP contribution in [0.3, 0.4) is 0 Å². The molecule has 30 heavy (non-hydrogen) atoms. The number of fused-ring (bicyclic) bond motifs is 1. The van der Waals surface area contributed by atoms with Gasteiger partial charge in [-0.05, 0) is 37.6 Å². The Kier molecular flexibility index (Phi) is 5.21. The Morgan fingerprint density at radius 1 is 1.23 bits per heavy atom. The van der Waals surface area contributed by atoms with Crippen LogP contribution in [0.5, 0.6) is 0 Å². The maximum absolute atomic E-state index is 12.5. The van der Waals surface area contributed by atoms with Crippen LogP contribution in [0.25, 0.3) is 16.7 Å². The Balaban J connectivity index is 1.41. The predicted octanol–water partition coefficient (Wildman–Crippen LogP) is 2.65. The molecule has 0 aliphatic rings. The Hall–Kier alpha value is -4.08. The van der Waals surface area contributed by atoms with Crippen LogP contribution >= 0.6 is 0 Å². The van der Waals surface area contributed by atoms with Crippen molar-refractivity contribution in [3.63, 3.8) is 0 Å². The third-order valence-electron chi connectivity index (χ3n) is 4.79. The van der Waals surface area contributed by atoms with Gasteiger partial charge < -0.3 is 9.88 Å². The number of aromatic nitrogens is 5. The first-order chi connectivity index (χ1) is 14.5. The smallest absolute Gasteiger partial charge is 0.295 e. The minimum Gasteiger partial charge on any atom is -0.352 e. The number of carbonyl (C=O) groups excluding carboxylic acids is 1. The lowest BCUT2D eigenvalue weighted by Crippen LogP contribution is -2.25. The number of carbonyl (C=O) groups is 1. The second kappa shape index (κ2) is 8.11. The van der Waals surface area contributed by atoms with E-state index in [4.69, 9.17) is 0 Å². The number of benzene rings is 2. The zero-order chi connectivity index (χ0) is 21.1. The number of nitrogens with one attached hydrogen (secondary N) is 1. The van der Waals surface area contributed by atoms with Crippen molar-refractivity contribution in [1.29, 1.82) is 0 Å². The van der Waals surface area contributed by atoms with E-state index in [1.54, 1.807) is 0 Å². The lowest BCUT2D eigenvalue weighted by atomic mass is 10.1. The highest BCUT2D eigenvalue weighted by molar-refractivity contribution is 5.95. The lowest BCUT2D eigenvalue weighted by molar-refractivity contribution is -0.384. The first kappa shape index (κ1) is 19.2. The number of hydrogen-bond acceptors (Lipinski definition) is 6. The first-order valence-corrected chi connectivity index (χ1v) is 9.38. The number of rotatable bonds is 7. The average molecular weight is 405 g/mol. The molecule has 10 heteroatoms. The van der Waals surface area contributed by atoms with Crippen molar-refractivity contribution in [2.75, 3.05) is 6.54 Å². The van der Waals surface area contributed by atoms with Crippen LogP contribution in [0.15, 0.2) is 55.1 Å². The van der Waals surface area contributed by atoms with E-state index in [0.29, 0.717) is 19.5 Å². The zero-order valence-electron chi connectivity index (χ0n) is 16.2. The molecule has 2 heterocycles. The normalized spacial score (nSPS) is 11.0. The molecule has 10 nitrogen and oxygen atoms in total. The fourth-order valence-corrected chi connectivity index (χ4v) is 3.36. The minimum absolute atomic E-state index is 0.214. The summed E-state index contributed by atoms with van der Waals surface area (Å²) in [6, 6.07) is 12.2. The van der Waals surface area contributed by atoms with Crippen molar-refractivity contribution in [1.82, 2.24) is 29.6 Å². The number of imidazole rings is 1. The van der Waals surface area contributed by atoms with Crippen LogP contribution in [0.1, 0.15) is 22.6 Å². The number of nitrogens with zero attached hydrogens (tertiary/aromatic N) is 6. The summed E-state index contributed by atoms with van der Waals surface area (Å²) in [5.74, 6) is 0.553. The fourth-order valence-electron chi connectivity index (χ4n) is 3.36. The molecule has 0 aliphatic carbocycles. The largest absolute Gasteiger partial charge is 0.352 e. The van der Waals surface area contributed by atoms with Crippen molar-refractivity contribution in [2.45, 2.75) is 19.9 Å². The number of para-hydroxylation sites is 2. The van der Waals surface area contributed by atoms with Gasteiger partial charge in [0.25, 0.3) is 11.6 Å². The van der Waals surface area contributed by atoms with Gasteiger partial charge in [0.05, 0.1) is 16.0 Å². The van der Waals surface area contributed by atoms with Crippen LogP contribution in [0, 0.1) is 17.0 Å². The highest BCUT2D eigenvalue weighted by Crippen LogP contribution is 2.23. The van der Waals surface area contributed by atoms with Crippen LogP contribution in [0.4, 0.5) is 5.69 Å². The van der Waals surface area contributed by atoms with Crippen LogP contribution in [-0.2, 0) is 6.54 Å². The Morgan fingerprint density at radius 3 is 2.83 bits per heavy atom. The Bertz CT molecular complexity index is 1210. The molecule has 0 radical (unpaired) electrons. The monoisotopic (exact) mass is 405 g/mol. The van der Waals surface area contributed by atoms with E-state index < -0.39 is 4.92 Å². The van der Waals surface area contributed by atoms with E-state index >= 15 is 0 Å². The fraction of sp³-hybridized carbons (Fsp3) is 0.200. The average Bonchev–Trinajstić information content (AvgIpc) is 3.38. The van der Waals surface area contributed by atoms with Gasteiger partial charge in [0.15, 0.2) is 0 Å². The molecule has 2 aromatic carbocycles. The summed E-state index contributed by atoms with van der Waals surface area (Å²) < 4.78 is 3.40. The van der Waals surface area contributed by atoms with Crippen molar-refractivity contribution in [3.8, 4) is 5.69 Å². The van der Waals surface area contributed by atoms with Gasteiger partial charge in [-0.2, -0.15) is 5.10 Å². The second-order valence-electron chi connectivity index (χ2n) is 6.71. The standard InChI is InChI=1S/C20H19N7O3/c1-14-24-16-5-2-3-6-17(16)25(14)10-4-9-22-20(28)15-7-8-18(19(11-15)27(29)30)26-13-21-12-23-26/h2-3,5-8,11-13H,4,9-10H2,1H3,(H,22,28). The highest BCUT2D eigenvalue weighted by atomic mass is 16.6. The summed E-state index contributed by atoms with van der Waals surface area (Å²) in [6.45, 7) is 3.09. The summed E-state index contributed by atoms with van der Waals surface area (Å²) in [4.78, 5) is 31.7. The molecular weight excluding hydrogens is 386 g/mol. The zero-order valence-corrected chi connectivity index (χ0v) is 16.2. The lowest BCUT2D eigenvalue weighted by Gasteiger charge is -2.09. The van der Waals surface area contributed by atoms with Crippen molar-refractivity contribution in [3.05, 3.63) is 76.6 Å². The molecule has 0 atom stereocenters. The molecule has 4 aromatic rings. The molecule has 0 saturated heterocycles. The van der Waals surface area contributed by atoms with Gasteiger partial charge >= 0.3 is 0 Å². The number of aryl methyl sites for hydroxylation is 2. The quantitative estimate of drug-likeness (QED) is 0.287. The topological polar surface area (TPSA) is 121 Å². The summed E-state index contributed by atoms with van der Waals surface area (Å²) >= 11 is 0. The summed E-state index contributed by atoms with van der Waals surface area (Å²) in [6.07, 6.45) is 3.35. The molecule has 4 rings (SSSR count). The summed E-state index contributed by atoms with van der Waals surface area (Å²) in [7, 11) is 0. The highest BCUT2D eigenvalue weighted by Gasteiger charge is 2.19. The van der Waals surface area contributed by atoms with Gasteiger partial charge in [0.2, 0.25) is 0 Å². The van der Waals surface area contributed by atoms with E-state index in [0.717, 1.165) is 16.9 Å². The molecule has 0 fully saturated rings.